The number of carbonyl (C=O) groups is 2. The van der Waals surface area contributed by atoms with Crippen molar-refractivity contribution < 1.29 is 41.0 Å². The summed E-state index contributed by atoms with van der Waals surface area (Å²) in [6.45, 7) is -3.86. The van der Waals surface area contributed by atoms with Crippen molar-refractivity contribution >= 4 is 46.1 Å². The molecule has 4 rings (SSSR count). The molecule has 0 amide bonds. The van der Waals surface area contributed by atoms with E-state index in [2.05, 4.69) is 0 Å². The third-order valence-corrected chi connectivity index (χ3v) is 11.1. The molecule has 0 aliphatic heterocycles. The Kier molecular flexibility index (Phi) is 9.36. The van der Waals surface area contributed by atoms with E-state index in [0.29, 0.717) is 22.0 Å². The van der Waals surface area contributed by atoms with E-state index in [1.165, 1.54) is 24.3 Å². The topological polar surface area (TPSA) is 52.6 Å². The average Bonchev–Trinajstić information content (AvgIpc) is 3.03. The van der Waals surface area contributed by atoms with Crippen LogP contribution in [0.1, 0.15) is 15.9 Å². The smallest absolute Gasteiger partial charge is 0.458 e. The van der Waals surface area contributed by atoms with Gasteiger partial charge in [0.2, 0.25) is 0 Å². The van der Waals surface area contributed by atoms with Gasteiger partial charge in [0.15, 0.2) is 0 Å². The molecule has 0 radical (unpaired) electrons. The van der Waals surface area contributed by atoms with E-state index >= 15 is 8.78 Å². The molecule has 0 aliphatic carbocycles. The van der Waals surface area contributed by atoms with E-state index in [1.807, 2.05) is 0 Å². The minimum atomic E-state index is -6.13. The van der Waals surface area contributed by atoms with Crippen LogP contribution in [0.4, 0.5) is 22.0 Å². The summed E-state index contributed by atoms with van der Waals surface area (Å²) in [6, 6.07) is 29.4. The van der Waals surface area contributed by atoms with Crippen LogP contribution in [-0.4, -0.2) is 43.6 Å². The molecule has 222 valence electrons. The second-order valence-electron chi connectivity index (χ2n) is 9.23. The number of carbonyl (C=O) groups excluding carboxylic acids is 2. The molecule has 0 bridgehead atoms. The van der Waals surface area contributed by atoms with Crippen LogP contribution >= 0.6 is 6.89 Å². The van der Waals surface area contributed by atoms with Crippen molar-refractivity contribution in [3.63, 3.8) is 0 Å². The molecule has 4 aromatic carbocycles. The number of halogens is 5. The first-order valence-corrected chi connectivity index (χ1v) is 14.6. The molecule has 10 heteroatoms. The predicted molar refractivity (Wildman–Crippen MR) is 159 cm³/mol. The zero-order valence-electron chi connectivity index (χ0n) is 23.0. The van der Waals surface area contributed by atoms with Gasteiger partial charge in [-0.05, 0) is 40.5 Å². The van der Waals surface area contributed by atoms with Crippen LogP contribution in [0.2, 0.25) is 0 Å². The van der Waals surface area contributed by atoms with Crippen LogP contribution in [0.15, 0.2) is 121 Å². The lowest BCUT2D eigenvalue weighted by Crippen LogP contribution is -2.45. The monoisotopic (exact) mass is 612 g/mol. The third-order valence-electron chi connectivity index (χ3n) is 6.76. The Labute approximate surface area is 245 Å². The van der Waals surface area contributed by atoms with Gasteiger partial charge in [-0.15, -0.1) is 0 Å². The van der Waals surface area contributed by atoms with Crippen LogP contribution in [0.5, 0.6) is 0 Å². The molecule has 0 spiro atoms. The minimum Gasteiger partial charge on any atom is -0.465 e. The van der Waals surface area contributed by atoms with Gasteiger partial charge in [-0.25, -0.2) is 9.59 Å². The Morgan fingerprint density at radius 2 is 1.05 bits per heavy atom. The fourth-order valence-electron chi connectivity index (χ4n) is 4.85. The van der Waals surface area contributed by atoms with Crippen LogP contribution in [0.3, 0.4) is 0 Å². The molecular formula is C33H26F5O4P. The van der Waals surface area contributed by atoms with E-state index in [-0.39, 0.29) is 11.1 Å². The van der Waals surface area contributed by atoms with Crippen molar-refractivity contribution in [2.45, 2.75) is 12.1 Å². The average molecular weight is 613 g/mol. The molecule has 4 aromatic rings. The second kappa shape index (κ2) is 12.8. The van der Waals surface area contributed by atoms with Crippen molar-refractivity contribution in [1.82, 2.24) is 0 Å². The van der Waals surface area contributed by atoms with Gasteiger partial charge in [-0.2, -0.15) is 22.0 Å². The molecule has 0 saturated carbocycles. The number of benzene rings is 4. The maximum atomic E-state index is 16.0. The van der Waals surface area contributed by atoms with Gasteiger partial charge in [0, 0.05) is 5.57 Å². The first kappa shape index (κ1) is 31.4. The summed E-state index contributed by atoms with van der Waals surface area (Å²) < 4.78 is 85.0. The maximum absolute atomic E-state index is 16.0. The first-order valence-electron chi connectivity index (χ1n) is 12.9. The lowest BCUT2D eigenvalue weighted by Gasteiger charge is -2.34. The van der Waals surface area contributed by atoms with Crippen molar-refractivity contribution in [3.8, 4) is 0 Å². The number of hydrogen-bond acceptors (Lipinski definition) is 4. The van der Waals surface area contributed by atoms with Gasteiger partial charge < -0.3 is 9.47 Å². The summed E-state index contributed by atoms with van der Waals surface area (Å²) in [7, 11) is 1.97. The van der Waals surface area contributed by atoms with Crippen LogP contribution in [0, 0.1) is 0 Å². The Bertz CT molecular complexity index is 1580. The van der Waals surface area contributed by atoms with Crippen LogP contribution < -0.4 is 15.9 Å². The van der Waals surface area contributed by atoms with Gasteiger partial charge in [0.1, 0.15) is 0 Å². The highest BCUT2D eigenvalue weighted by atomic mass is 31.2. The van der Waals surface area contributed by atoms with Crippen molar-refractivity contribution in [1.29, 1.82) is 0 Å². The highest BCUT2D eigenvalue weighted by molar-refractivity contribution is 7.96. The molecule has 0 heterocycles. The number of alkyl halides is 5. The number of hydrogen-bond donors (Lipinski definition) is 0. The molecule has 0 saturated heterocycles. The molecular weight excluding hydrogens is 586 g/mol. The standard InChI is InChI=1S/C33H26F5O4P/c1-41-30(39)27-21-13-12-14-23(27)22-28(32(34,35)33(36,37)38)29(31(40)42-2)43(24-15-6-3-7-16-24,25-17-8-4-9-18-25)26-19-10-5-11-20-26/h3-22H,1-2H3/b28-22-. The fraction of sp³-hybridized carbons (Fsp3) is 0.121. The Morgan fingerprint density at radius 3 is 1.44 bits per heavy atom. The Morgan fingerprint density at radius 1 is 0.628 bits per heavy atom. The van der Waals surface area contributed by atoms with Crippen LogP contribution in [-0.2, 0) is 14.3 Å². The minimum absolute atomic E-state index is 0.271. The predicted octanol–water partition coefficient (Wildman–Crippen LogP) is 6.39. The molecule has 4 nitrogen and oxygen atoms in total. The molecule has 0 fully saturated rings. The van der Waals surface area contributed by atoms with Crippen molar-refractivity contribution in [2.24, 2.45) is 0 Å². The molecule has 43 heavy (non-hydrogen) atoms. The lowest BCUT2D eigenvalue weighted by molar-refractivity contribution is -0.261. The summed E-state index contributed by atoms with van der Waals surface area (Å²) in [5, 5.41) is 0.120. The zero-order chi connectivity index (χ0) is 31.3. The van der Waals surface area contributed by atoms with Gasteiger partial charge in [0.05, 0.1) is 25.1 Å². The lowest BCUT2D eigenvalue weighted by atomic mass is 9.98. The fourth-order valence-corrected chi connectivity index (χ4v) is 9.31. The Hall–Kier alpha value is -4.49. The summed E-state index contributed by atoms with van der Waals surface area (Å²) in [4.78, 5) is 26.4. The highest BCUT2D eigenvalue weighted by Crippen LogP contribution is 2.52. The van der Waals surface area contributed by atoms with Crippen molar-refractivity contribution in [3.05, 3.63) is 132 Å². The number of rotatable bonds is 8. The number of esters is 2. The van der Waals surface area contributed by atoms with Crippen molar-refractivity contribution in [2.75, 3.05) is 14.2 Å². The number of methoxy groups -OCH3 is 2. The molecule has 0 unspecified atom stereocenters. The normalized spacial score (nSPS) is 12.4. The van der Waals surface area contributed by atoms with E-state index in [4.69, 9.17) is 9.47 Å². The molecule has 0 N–H and O–H groups in total. The van der Waals surface area contributed by atoms with E-state index in [0.717, 1.165) is 14.2 Å². The van der Waals surface area contributed by atoms with Gasteiger partial charge in [-0.3, -0.25) is 0 Å². The Balaban J connectivity index is 2.40. The van der Waals surface area contributed by atoms with Crippen LogP contribution in [0.25, 0.3) is 6.08 Å². The van der Waals surface area contributed by atoms with E-state index in [9.17, 15) is 22.8 Å². The van der Waals surface area contributed by atoms with Gasteiger partial charge >= 0.3 is 24.0 Å². The molecule has 0 atom stereocenters. The quantitative estimate of drug-likeness (QED) is 0.132. The summed E-state index contributed by atoms with van der Waals surface area (Å²) in [6.07, 6.45) is -5.59. The summed E-state index contributed by atoms with van der Waals surface area (Å²) in [5.41, 5.74) is -2.22. The largest absolute Gasteiger partial charge is 0.465 e. The van der Waals surface area contributed by atoms with Gasteiger partial charge in [-0.1, -0.05) is 109 Å². The summed E-state index contributed by atoms with van der Waals surface area (Å²) in [5.74, 6) is -7.91. The van der Waals surface area contributed by atoms with Gasteiger partial charge in [0.25, 0.3) is 0 Å². The number of ether oxygens (including phenoxy) is 2. The summed E-state index contributed by atoms with van der Waals surface area (Å²) >= 11 is 0. The second-order valence-corrected chi connectivity index (χ2v) is 12.6. The molecule has 0 aromatic heterocycles. The molecule has 0 aliphatic rings. The zero-order valence-corrected chi connectivity index (χ0v) is 23.9. The van der Waals surface area contributed by atoms with E-state index in [1.54, 1.807) is 91.0 Å². The highest BCUT2D eigenvalue weighted by Gasteiger charge is 2.62. The van der Waals surface area contributed by atoms with E-state index < -0.39 is 41.8 Å². The third kappa shape index (κ3) is 5.90. The SMILES string of the molecule is COC(=O)C(/C(=C/c1ccccc1C(=O)OC)C(F)(F)C(F)(F)F)=P(c1ccccc1)(c1ccccc1)c1ccccc1. The maximum Gasteiger partial charge on any atom is 0.458 e. The first-order chi connectivity index (χ1) is 20.5.